The molecule has 2 unspecified atom stereocenters. The Balaban J connectivity index is 2.49. The molecule has 0 aliphatic heterocycles. The molecule has 0 spiro atoms. The van der Waals surface area contributed by atoms with Crippen molar-refractivity contribution in [1.82, 2.24) is 10.2 Å². The van der Waals surface area contributed by atoms with Crippen molar-refractivity contribution in [1.29, 1.82) is 0 Å². The summed E-state index contributed by atoms with van der Waals surface area (Å²) in [6, 6.07) is 13.2. The average molecular weight is 517 g/mol. The molecular weight excluding hydrogens is 484 g/mol. The molecular formula is C29H32N4O5. The SMILES string of the molecule is C#Cc1ccc(C(C(=O)Nc2ccccc2C)N(C#C)C(=O)C(CCC(N)=O)NC(=O)OC(C)(C)C)cc1. The van der Waals surface area contributed by atoms with Crippen molar-refractivity contribution in [3.63, 3.8) is 0 Å². The highest BCUT2D eigenvalue weighted by Crippen LogP contribution is 2.26. The standard InChI is InChI=1S/C29H32N4O5/c1-7-20-13-15-21(16-14-20)25(26(35)31-22-12-10-9-11-19(22)3)33(8-2)27(36)23(17-18-24(30)34)32-28(37)38-29(4,5)6/h1-2,9-16,23,25H,17-18H2,3-6H3,(H2,30,34)(H,31,35)(H,32,37). The van der Waals surface area contributed by atoms with Gasteiger partial charge >= 0.3 is 6.09 Å². The van der Waals surface area contributed by atoms with Gasteiger partial charge in [-0.25, -0.2) is 4.79 Å². The smallest absolute Gasteiger partial charge is 0.408 e. The number of hydrogen-bond donors (Lipinski definition) is 3. The van der Waals surface area contributed by atoms with Crippen molar-refractivity contribution in [2.75, 3.05) is 5.32 Å². The van der Waals surface area contributed by atoms with E-state index in [0.29, 0.717) is 16.8 Å². The maximum atomic E-state index is 13.7. The maximum absolute atomic E-state index is 13.7. The van der Waals surface area contributed by atoms with Crippen molar-refractivity contribution in [3.8, 4) is 24.8 Å². The van der Waals surface area contributed by atoms with Gasteiger partial charge in [-0.1, -0.05) is 42.7 Å². The predicted molar refractivity (Wildman–Crippen MR) is 144 cm³/mol. The van der Waals surface area contributed by atoms with E-state index in [-0.39, 0.29) is 12.8 Å². The van der Waals surface area contributed by atoms with Crippen molar-refractivity contribution >= 4 is 29.5 Å². The first-order valence-corrected chi connectivity index (χ1v) is 11.9. The number of terminal acetylenes is 2. The number of carbonyl (C=O) groups is 4. The molecule has 0 saturated carbocycles. The van der Waals surface area contributed by atoms with Crippen molar-refractivity contribution in [2.24, 2.45) is 5.73 Å². The Morgan fingerprint density at radius 2 is 1.68 bits per heavy atom. The van der Waals surface area contributed by atoms with Crippen LogP contribution < -0.4 is 16.4 Å². The fraction of sp³-hybridized carbons (Fsp3) is 0.310. The second-order valence-corrected chi connectivity index (χ2v) is 9.51. The maximum Gasteiger partial charge on any atom is 0.408 e. The number of ether oxygens (including phenoxy) is 1. The van der Waals surface area contributed by atoms with Crippen LogP contribution in [0.15, 0.2) is 48.5 Å². The molecule has 0 fully saturated rings. The number of nitrogens with two attached hydrogens (primary N) is 1. The Hall–Kier alpha value is -4.76. The van der Waals surface area contributed by atoms with Gasteiger partial charge in [0.15, 0.2) is 0 Å². The van der Waals surface area contributed by atoms with Gasteiger partial charge in [-0.3, -0.25) is 19.3 Å². The van der Waals surface area contributed by atoms with Crippen molar-refractivity contribution in [2.45, 2.75) is 58.2 Å². The van der Waals surface area contributed by atoms with Crippen LogP contribution in [0.2, 0.25) is 0 Å². The van der Waals surface area contributed by atoms with Crippen LogP contribution in [-0.4, -0.2) is 40.4 Å². The summed E-state index contributed by atoms with van der Waals surface area (Å²) in [5.74, 6) is 0.421. The second-order valence-electron chi connectivity index (χ2n) is 9.51. The topological polar surface area (TPSA) is 131 Å². The van der Waals surface area contributed by atoms with E-state index in [1.807, 2.05) is 19.1 Å². The molecule has 2 aromatic rings. The average Bonchev–Trinajstić information content (AvgIpc) is 2.84. The zero-order chi connectivity index (χ0) is 28.5. The van der Waals surface area contributed by atoms with E-state index in [4.69, 9.17) is 23.3 Å². The van der Waals surface area contributed by atoms with Crippen LogP contribution >= 0.6 is 0 Å². The van der Waals surface area contributed by atoms with Crippen LogP contribution in [0.1, 0.15) is 56.3 Å². The van der Waals surface area contributed by atoms with Gasteiger partial charge in [-0.2, -0.15) is 0 Å². The van der Waals surface area contributed by atoms with Gasteiger partial charge in [-0.05, 0) is 63.4 Å². The number of amides is 4. The summed E-state index contributed by atoms with van der Waals surface area (Å²) in [6.07, 6.45) is 9.95. The summed E-state index contributed by atoms with van der Waals surface area (Å²) < 4.78 is 5.26. The molecule has 38 heavy (non-hydrogen) atoms. The van der Waals surface area contributed by atoms with E-state index in [2.05, 4.69) is 22.6 Å². The fourth-order valence-corrected chi connectivity index (χ4v) is 3.52. The van der Waals surface area contributed by atoms with Gasteiger partial charge in [0, 0.05) is 23.7 Å². The number of hydrogen-bond acceptors (Lipinski definition) is 5. The van der Waals surface area contributed by atoms with E-state index in [0.717, 1.165) is 10.5 Å². The van der Waals surface area contributed by atoms with Crippen LogP contribution in [0.25, 0.3) is 0 Å². The predicted octanol–water partition coefficient (Wildman–Crippen LogP) is 3.23. The summed E-state index contributed by atoms with van der Waals surface area (Å²) >= 11 is 0. The lowest BCUT2D eigenvalue weighted by molar-refractivity contribution is -0.137. The van der Waals surface area contributed by atoms with Gasteiger partial charge in [-0.15, -0.1) is 6.42 Å². The highest BCUT2D eigenvalue weighted by atomic mass is 16.6. The Kier molecular flexibility index (Phi) is 10.1. The minimum absolute atomic E-state index is 0.159. The van der Waals surface area contributed by atoms with Gasteiger partial charge in [0.25, 0.3) is 11.8 Å². The molecule has 0 aliphatic carbocycles. The molecule has 4 N–H and O–H groups in total. The highest BCUT2D eigenvalue weighted by molar-refractivity contribution is 6.00. The van der Waals surface area contributed by atoms with Crippen LogP contribution in [0, 0.1) is 31.7 Å². The number of rotatable bonds is 9. The number of aryl methyl sites for hydroxylation is 1. The molecule has 2 aromatic carbocycles. The lowest BCUT2D eigenvalue weighted by atomic mass is 10.0. The molecule has 0 aromatic heterocycles. The quantitative estimate of drug-likeness (QED) is 0.348. The van der Waals surface area contributed by atoms with Crippen LogP contribution in [0.3, 0.4) is 0 Å². The van der Waals surface area contributed by atoms with Gasteiger partial charge in [0.05, 0.1) is 0 Å². The van der Waals surface area contributed by atoms with Gasteiger partial charge < -0.3 is 21.1 Å². The number of para-hydroxylation sites is 1. The number of benzene rings is 2. The number of anilines is 1. The molecule has 0 bridgehead atoms. The molecule has 198 valence electrons. The minimum Gasteiger partial charge on any atom is -0.444 e. The molecule has 0 aliphatic rings. The molecule has 2 atom stereocenters. The molecule has 0 heterocycles. The minimum atomic E-state index is -1.30. The lowest BCUT2D eigenvalue weighted by Crippen LogP contribution is -2.51. The molecule has 4 amide bonds. The van der Waals surface area contributed by atoms with Crippen LogP contribution in [0.4, 0.5) is 10.5 Å². The van der Waals surface area contributed by atoms with Crippen LogP contribution in [-0.2, 0) is 19.1 Å². The first-order valence-electron chi connectivity index (χ1n) is 11.9. The lowest BCUT2D eigenvalue weighted by Gasteiger charge is -2.30. The summed E-state index contributed by atoms with van der Waals surface area (Å²) in [7, 11) is 0. The number of primary amides is 1. The largest absolute Gasteiger partial charge is 0.444 e. The third-order valence-corrected chi connectivity index (χ3v) is 5.35. The highest BCUT2D eigenvalue weighted by Gasteiger charge is 2.36. The van der Waals surface area contributed by atoms with E-state index in [1.54, 1.807) is 57.2 Å². The summed E-state index contributed by atoms with van der Waals surface area (Å²) in [5.41, 5.74) is 6.71. The van der Waals surface area contributed by atoms with Gasteiger partial charge in [0.1, 0.15) is 17.7 Å². The summed E-state index contributed by atoms with van der Waals surface area (Å²) in [6.45, 7) is 6.80. The first-order chi connectivity index (χ1) is 17.9. The van der Waals surface area contributed by atoms with E-state index in [1.165, 1.54) is 0 Å². The Morgan fingerprint density at radius 3 is 2.21 bits per heavy atom. The number of alkyl carbamates (subject to hydrolysis) is 1. The normalized spacial score (nSPS) is 12.2. The zero-order valence-corrected chi connectivity index (χ0v) is 21.9. The number of nitrogens with zero attached hydrogens (tertiary/aromatic N) is 1. The van der Waals surface area contributed by atoms with Gasteiger partial charge in [0.2, 0.25) is 5.91 Å². The fourth-order valence-electron chi connectivity index (χ4n) is 3.52. The molecule has 2 rings (SSSR count). The summed E-state index contributed by atoms with van der Waals surface area (Å²) in [5, 5.41) is 5.27. The number of carbonyl (C=O) groups excluding carboxylic acids is 4. The third-order valence-electron chi connectivity index (χ3n) is 5.35. The molecule has 9 heteroatoms. The molecule has 0 saturated heterocycles. The van der Waals surface area contributed by atoms with Crippen molar-refractivity contribution in [3.05, 3.63) is 65.2 Å². The van der Waals surface area contributed by atoms with Crippen LogP contribution in [0.5, 0.6) is 0 Å². The Morgan fingerprint density at radius 1 is 1.05 bits per heavy atom. The van der Waals surface area contributed by atoms with Crippen molar-refractivity contribution < 1.29 is 23.9 Å². The van der Waals surface area contributed by atoms with E-state index < -0.39 is 41.5 Å². The second kappa shape index (κ2) is 13.0. The summed E-state index contributed by atoms with van der Waals surface area (Å²) in [4.78, 5) is 52.1. The molecule has 9 nitrogen and oxygen atoms in total. The van der Waals surface area contributed by atoms with E-state index in [9.17, 15) is 19.2 Å². The third kappa shape index (κ3) is 8.42. The Bertz CT molecular complexity index is 1270. The zero-order valence-electron chi connectivity index (χ0n) is 21.9. The number of nitrogens with one attached hydrogen (secondary N) is 2. The molecule has 0 radical (unpaired) electrons. The Labute approximate surface area is 223 Å². The van der Waals surface area contributed by atoms with E-state index >= 15 is 0 Å². The first kappa shape index (κ1) is 29.5. The monoisotopic (exact) mass is 516 g/mol.